The third-order valence-corrected chi connectivity index (χ3v) is 6.60. The van der Waals surface area contributed by atoms with Crippen LogP contribution in [0.1, 0.15) is 54.9 Å². The molecule has 0 saturated carbocycles. The number of benzene rings is 3. The molecule has 0 saturated heterocycles. The van der Waals surface area contributed by atoms with E-state index < -0.39 is 11.7 Å². The largest absolute Gasteiger partial charge is 0.416 e. The number of alkyl halides is 3. The molecule has 4 rings (SSSR count). The number of ketones is 1. The fraction of sp³-hybridized carbons (Fsp3) is 0.267. The van der Waals surface area contributed by atoms with Crippen molar-refractivity contribution in [3.8, 4) is 17.1 Å². The molecule has 3 aromatic carbocycles. The first-order chi connectivity index (χ1) is 18.1. The number of aryl methyl sites for hydroxylation is 1. The summed E-state index contributed by atoms with van der Waals surface area (Å²) in [5, 5.41) is 4.39. The Balaban J connectivity index is 1.30. The van der Waals surface area contributed by atoms with Gasteiger partial charge < -0.3 is 0 Å². The van der Waals surface area contributed by atoms with Gasteiger partial charge >= 0.3 is 6.18 Å². The molecule has 0 aliphatic heterocycles. The number of Topliss-reactive ketones (excluding diaryl/α,β-unsaturated/α-hetero) is 1. The highest BCUT2D eigenvalue weighted by Crippen LogP contribution is 2.29. The predicted molar refractivity (Wildman–Crippen MR) is 147 cm³/mol. The van der Waals surface area contributed by atoms with Crippen LogP contribution in [0.25, 0.3) is 17.1 Å². The van der Waals surface area contributed by atoms with Crippen LogP contribution in [-0.4, -0.2) is 25.4 Å². The highest BCUT2D eigenvalue weighted by Gasteiger charge is 2.30. The van der Waals surface area contributed by atoms with Gasteiger partial charge in [-0.15, -0.1) is 5.10 Å². The lowest BCUT2D eigenvalue weighted by Gasteiger charge is -2.13. The molecule has 8 heteroatoms. The van der Waals surface area contributed by atoms with E-state index in [1.807, 2.05) is 36.4 Å². The number of carbonyl (C=O) groups excluding carboxylic acids is 1. The van der Waals surface area contributed by atoms with E-state index in [1.165, 1.54) is 34.3 Å². The molecular formula is C30H28F3N3OS. The third-order valence-electron chi connectivity index (χ3n) is 6.31. The number of carbonyl (C=O) groups is 1. The molecule has 0 radical (unpaired) electrons. The van der Waals surface area contributed by atoms with E-state index in [1.54, 1.807) is 0 Å². The summed E-state index contributed by atoms with van der Waals surface area (Å²) < 4.78 is 39.8. The smallest absolute Gasteiger partial charge is 0.299 e. The lowest BCUT2D eigenvalue weighted by atomic mass is 9.93. The van der Waals surface area contributed by atoms with Crippen LogP contribution in [0.15, 0.2) is 79.1 Å². The number of halogens is 3. The number of hydrogen-bond donors (Lipinski definition) is 0. The van der Waals surface area contributed by atoms with Crippen LogP contribution in [0, 0.1) is 0 Å². The number of hydrogen-bond acceptors (Lipinski definition) is 4. The number of rotatable bonds is 10. The molecule has 0 unspecified atom stereocenters. The van der Waals surface area contributed by atoms with E-state index in [-0.39, 0.29) is 5.78 Å². The molecule has 196 valence electrons. The molecule has 0 bridgehead atoms. The molecule has 4 aromatic rings. The summed E-state index contributed by atoms with van der Waals surface area (Å²) in [7, 11) is 0. The molecule has 0 N–H and O–H groups in total. The maximum absolute atomic E-state index is 12.8. The van der Waals surface area contributed by atoms with Gasteiger partial charge in [0.1, 0.15) is 12.1 Å². The molecule has 0 spiro atoms. The van der Waals surface area contributed by atoms with Crippen LogP contribution in [0.5, 0.6) is 0 Å². The molecule has 0 amide bonds. The Morgan fingerprint density at radius 2 is 1.66 bits per heavy atom. The summed E-state index contributed by atoms with van der Waals surface area (Å²) in [5.41, 5.74) is 4.01. The van der Waals surface area contributed by atoms with Gasteiger partial charge in [-0.05, 0) is 53.3 Å². The van der Waals surface area contributed by atoms with Gasteiger partial charge in [-0.1, -0.05) is 74.6 Å². The minimum Gasteiger partial charge on any atom is -0.299 e. The molecule has 4 nitrogen and oxygen atoms in total. The Labute approximate surface area is 225 Å². The van der Waals surface area contributed by atoms with Gasteiger partial charge in [-0.25, -0.2) is 9.67 Å². The van der Waals surface area contributed by atoms with Crippen LogP contribution in [0.3, 0.4) is 0 Å². The van der Waals surface area contributed by atoms with Gasteiger partial charge in [0.15, 0.2) is 5.82 Å². The van der Waals surface area contributed by atoms with Crippen molar-refractivity contribution in [3.05, 3.63) is 101 Å². The highest BCUT2D eigenvalue weighted by atomic mass is 32.1. The Morgan fingerprint density at radius 1 is 0.974 bits per heavy atom. The second-order valence-corrected chi connectivity index (χ2v) is 10.1. The van der Waals surface area contributed by atoms with Crippen molar-refractivity contribution >= 4 is 22.9 Å². The van der Waals surface area contributed by atoms with E-state index >= 15 is 0 Å². The Kier molecular flexibility index (Phi) is 8.52. The Bertz CT molecular complexity index is 1410. The molecule has 0 aliphatic rings. The second kappa shape index (κ2) is 11.8. The SMILES string of the molecule is CC(C)c1ccccc1CC(=S)CC(=O)CCc1ccc(-c2ncn(-c3ccc(C(F)(F)F)cc3)n2)cc1. The molecule has 0 fully saturated rings. The first kappa shape index (κ1) is 27.4. The summed E-state index contributed by atoms with van der Waals surface area (Å²) >= 11 is 5.53. The van der Waals surface area contributed by atoms with E-state index in [0.717, 1.165) is 28.1 Å². The van der Waals surface area contributed by atoms with Crippen molar-refractivity contribution in [3.63, 3.8) is 0 Å². The van der Waals surface area contributed by atoms with Gasteiger partial charge in [0.05, 0.1) is 11.3 Å². The van der Waals surface area contributed by atoms with E-state index in [4.69, 9.17) is 12.2 Å². The second-order valence-electron chi connectivity index (χ2n) is 9.54. The van der Waals surface area contributed by atoms with Gasteiger partial charge in [0.25, 0.3) is 0 Å². The quantitative estimate of drug-likeness (QED) is 0.196. The third kappa shape index (κ3) is 7.01. The van der Waals surface area contributed by atoms with Crippen LogP contribution in [0.4, 0.5) is 13.2 Å². The maximum Gasteiger partial charge on any atom is 0.416 e. The Morgan fingerprint density at radius 3 is 2.32 bits per heavy atom. The lowest BCUT2D eigenvalue weighted by Crippen LogP contribution is -2.10. The van der Waals surface area contributed by atoms with E-state index in [0.29, 0.717) is 43.1 Å². The maximum atomic E-state index is 12.8. The Hall–Kier alpha value is -3.65. The monoisotopic (exact) mass is 535 g/mol. The highest BCUT2D eigenvalue weighted by molar-refractivity contribution is 7.80. The van der Waals surface area contributed by atoms with Crippen molar-refractivity contribution in [1.29, 1.82) is 0 Å². The van der Waals surface area contributed by atoms with Gasteiger partial charge in [-0.3, -0.25) is 4.79 Å². The van der Waals surface area contributed by atoms with Crippen molar-refractivity contribution in [1.82, 2.24) is 14.8 Å². The van der Waals surface area contributed by atoms with Gasteiger partial charge in [-0.2, -0.15) is 13.2 Å². The summed E-state index contributed by atoms with van der Waals surface area (Å²) in [6, 6.07) is 20.6. The zero-order chi connectivity index (χ0) is 27.3. The number of aromatic nitrogens is 3. The molecule has 38 heavy (non-hydrogen) atoms. The zero-order valence-electron chi connectivity index (χ0n) is 21.2. The van der Waals surface area contributed by atoms with Gasteiger partial charge in [0, 0.05) is 29.7 Å². The topological polar surface area (TPSA) is 47.8 Å². The average molecular weight is 536 g/mol. The van der Waals surface area contributed by atoms with E-state index in [2.05, 4.69) is 36.1 Å². The number of thiocarbonyl (C=S) groups is 1. The van der Waals surface area contributed by atoms with Crippen LogP contribution in [-0.2, 0) is 23.8 Å². The molecule has 1 heterocycles. The minimum absolute atomic E-state index is 0.123. The fourth-order valence-electron chi connectivity index (χ4n) is 4.27. The lowest BCUT2D eigenvalue weighted by molar-refractivity contribution is -0.137. The summed E-state index contributed by atoms with van der Waals surface area (Å²) in [6.45, 7) is 4.30. The van der Waals surface area contributed by atoms with Crippen molar-refractivity contribution < 1.29 is 18.0 Å². The molecular weight excluding hydrogens is 507 g/mol. The summed E-state index contributed by atoms with van der Waals surface area (Å²) in [6.07, 6.45) is -0.970. The number of nitrogens with zero attached hydrogens (tertiary/aromatic N) is 3. The molecule has 0 atom stereocenters. The first-order valence-electron chi connectivity index (χ1n) is 12.4. The van der Waals surface area contributed by atoms with Crippen LogP contribution >= 0.6 is 12.2 Å². The summed E-state index contributed by atoms with van der Waals surface area (Å²) in [4.78, 5) is 17.6. The first-order valence-corrected chi connectivity index (χ1v) is 12.8. The molecule has 1 aromatic heterocycles. The predicted octanol–water partition coefficient (Wildman–Crippen LogP) is 7.58. The van der Waals surface area contributed by atoms with Gasteiger partial charge in [0.2, 0.25) is 0 Å². The average Bonchev–Trinajstić information content (AvgIpc) is 3.38. The van der Waals surface area contributed by atoms with Crippen LogP contribution in [0.2, 0.25) is 0 Å². The normalized spacial score (nSPS) is 11.6. The van der Waals surface area contributed by atoms with Crippen molar-refractivity contribution in [2.45, 2.75) is 51.6 Å². The molecule has 0 aliphatic carbocycles. The fourth-order valence-corrected chi connectivity index (χ4v) is 4.59. The van der Waals surface area contributed by atoms with E-state index in [9.17, 15) is 18.0 Å². The van der Waals surface area contributed by atoms with Crippen LogP contribution < -0.4 is 0 Å². The van der Waals surface area contributed by atoms with Crippen molar-refractivity contribution in [2.75, 3.05) is 0 Å². The van der Waals surface area contributed by atoms with Crippen molar-refractivity contribution in [2.24, 2.45) is 0 Å². The minimum atomic E-state index is -4.38. The summed E-state index contributed by atoms with van der Waals surface area (Å²) in [5.74, 6) is 0.985. The zero-order valence-corrected chi connectivity index (χ0v) is 22.0. The standard InChI is InChI=1S/C30H28F3N3OS/c1-20(2)28-6-4-3-5-23(28)17-27(38)18-26(37)16-9-21-7-10-22(11-8-21)29-34-19-36(35-29)25-14-12-24(13-15-25)30(31,32)33/h3-8,10-15,19-20H,9,16-18H2,1-2H3.